The lowest BCUT2D eigenvalue weighted by Crippen LogP contribution is -2.35. The minimum absolute atomic E-state index is 0. The number of hydrogen-bond acceptors (Lipinski definition) is 7. The normalized spacial score (nSPS) is 16.0. The first kappa shape index (κ1) is 30.2. The maximum atomic E-state index is 13.2. The Morgan fingerprint density at radius 3 is 2.35 bits per heavy atom. The number of ether oxygens (including phenoxy) is 1. The molecule has 0 bridgehead atoms. The van der Waals surface area contributed by atoms with Gasteiger partial charge >= 0.3 is 5.97 Å². The highest BCUT2D eigenvalue weighted by Crippen LogP contribution is 2.38. The van der Waals surface area contributed by atoms with Crippen LogP contribution >= 0.6 is 23.7 Å². The fourth-order valence-corrected chi connectivity index (χ4v) is 7.94. The molecule has 1 N–H and O–H groups in total. The average molecular weight is 604 g/mol. The Bertz CT molecular complexity index is 1440. The van der Waals surface area contributed by atoms with Gasteiger partial charge in [0.2, 0.25) is 10.0 Å². The van der Waals surface area contributed by atoms with Crippen LogP contribution in [0.4, 0.5) is 5.00 Å². The van der Waals surface area contributed by atoms with Gasteiger partial charge in [-0.15, -0.1) is 23.7 Å². The highest BCUT2D eigenvalue weighted by molar-refractivity contribution is 7.89. The number of esters is 1. The molecule has 1 amide bonds. The average Bonchev–Trinajstić information content (AvgIpc) is 3.31. The van der Waals surface area contributed by atoms with Crippen molar-refractivity contribution in [2.75, 3.05) is 31.6 Å². The Kier molecular flexibility index (Phi) is 10.0. The molecule has 0 radical (unpaired) electrons. The van der Waals surface area contributed by atoms with Gasteiger partial charge in [-0.05, 0) is 61.6 Å². The monoisotopic (exact) mass is 603 g/mol. The van der Waals surface area contributed by atoms with E-state index in [1.54, 1.807) is 6.92 Å². The summed E-state index contributed by atoms with van der Waals surface area (Å²) in [5.41, 5.74) is 2.90. The van der Waals surface area contributed by atoms with Crippen molar-refractivity contribution >= 4 is 50.6 Å². The summed E-state index contributed by atoms with van der Waals surface area (Å²) in [6.45, 7) is 5.33. The molecule has 214 valence electrons. The summed E-state index contributed by atoms with van der Waals surface area (Å²) in [5.74, 6) is -0.841. The Morgan fingerprint density at radius 2 is 1.68 bits per heavy atom. The zero-order chi connectivity index (χ0) is 27.4. The molecule has 2 aromatic carbocycles. The van der Waals surface area contributed by atoms with E-state index in [0.717, 1.165) is 42.8 Å². The van der Waals surface area contributed by atoms with Gasteiger partial charge in [-0.3, -0.25) is 9.69 Å². The van der Waals surface area contributed by atoms with Crippen molar-refractivity contribution in [3.8, 4) is 0 Å². The number of fused-ring (bicyclic) bond motifs is 1. The second-order valence-electron chi connectivity index (χ2n) is 9.82. The fraction of sp³-hybridized carbons (Fsp3) is 0.379. The number of carbonyl (C=O) groups excluding carboxylic acids is 2. The number of amides is 1. The molecule has 8 nitrogen and oxygen atoms in total. The van der Waals surface area contributed by atoms with Gasteiger partial charge in [0.25, 0.3) is 5.91 Å². The Hall–Kier alpha value is -2.76. The highest BCUT2D eigenvalue weighted by Gasteiger charge is 2.30. The smallest absolute Gasteiger partial charge is 0.341 e. The molecular formula is C29H34ClN3O5S2. The highest BCUT2D eigenvalue weighted by atomic mass is 35.5. The number of hydrogen-bond donors (Lipinski definition) is 1. The molecule has 0 unspecified atom stereocenters. The molecule has 40 heavy (non-hydrogen) atoms. The third kappa shape index (κ3) is 6.58. The van der Waals surface area contributed by atoms with Gasteiger partial charge in [-0.1, -0.05) is 36.8 Å². The van der Waals surface area contributed by atoms with Crippen molar-refractivity contribution in [3.63, 3.8) is 0 Å². The molecule has 11 heteroatoms. The van der Waals surface area contributed by atoms with E-state index in [-0.39, 0.29) is 23.9 Å². The van der Waals surface area contributed by atoms with Gasteiger partial charge in [-0.25, -0.2) is 13.2 Å². The summed E-state index contributed by atoms with van der Waals surface area (Å²) in [6, 6.07) is 16.2. The van der Waals surface area contributed by atoms with Crippen LogP contribution < -0.4 is 5.32 Å². The molecule has 0 atom stereocenters. The van der Waals surface area contributed by atoms with E-state index in [2.05, 4.69) is 22.3 Å². The summed E-state index contributed by atoms with van der Waals surface area (Å²) < 4.78 is 32.8. The van der Waals surface area contributed by atoms with Crippen molar-refractivity contribution in [2.45, 2.75) is 50.6 Å². The number of nitrogens with one attached hydrogen (secondary N) is 1. The van der Waals surface area contributed by atoms with Gasteiger partial charge < -0.3 is 10.1 Å². The number of benzene rings is 2. The number of anilines is 1. The fourth-order valence-electron chi connectivity index (χ4n) is 5.15. The van der Waals surface area contributed by atoms with Crippen molar-refractivity contribution in [1.82, 2.24) is 9.21 Å². The summed E-state index contributed by atoms with van der Waals surface area (Å²) in [4.78, 5) is 29.7. The first-order chi connectivity index (χ1) is 18.9. The van der Waals surface area contributed by atoms with E-state index in [0.29, 0.717) is 42.2 Å². The van der Waals surface area contributed by atoms with E-state index < -0.39 is 21.9 Å². The molecule has 1 saturated heterocycles. The second-order valence-corrected chi connectivity index (χ2v) is 12.9. The largest absolute Gasteiger partial charge is 0.462 e. The Balaban J connectivity index is 0.00000370. The first-order valence-corrected chi connectivity index (χ1v) is 15.6. The van der Waals surface area contributed by atoms with Gasteiger partial charge in [-0.2, -0.15) is 4.31 Å². The molecule has 0 aliphatic carbocycles. The second kappa shape index (κ2) is 13.3. The Morgan fingerprint density at radius 1 is 0.975 bits per heavy atom. The first-order valence-electron chi connectivity index (χ1n) is 13.4. The van der Waals surface area contributed by atoms with Crippen LogP contribution in [0.5, 0.6) is 0 Å². The molecule has 3 heterocycles. The lowest BCUT2D eigenvalue weighted by Gasteiger charge is -2.27. The van der Waals surface area contributed by atoms with Crippen molar-refractivity contribution in [3.05, 3.63) is 81.7 Å². The SMILES string of the molecule is CCOC(=O)c1c(NC(=O)c2ccc(S(=O)(=O)N3CCCCC3)cc2)sc2c1CCN(Cc1ccccc1)C2.Cl. The maximum absolute atomic E-state index is 13.2. The van der Waals surface area contributed by atoms with Gasteiger partial charge in [0, 0.05) is 43.2 Å². The summed E-state index contributed by atoms with van der Waals surface area (Å²) in [7, 11) is -3.58. The number of nitrogens with zero attached hydrogens (tertiary/aromatic N) is 2. The van der Waals surface area contributed by atoms with Crippen molar-refractivity contribution < 1.29 is 22.7 Å². The minimum atomic E-state index is -3.58. The number of halogens is 1. The number of sulfonamides is 1. The van der Waals surface area contributed by atoms with Gasteiger partial charge in [0.15, 0.2) is 0 Å². The van der Waals surface area contributed by atoms with Crippen LogP contribution in [0.1, 0.15) is 62.9 Å². The number of carbonyl (C=O) groups is 2. The standard InChI is InChI=1S/C29H33N3O5S2.ClH/c1-2-37-29(34)26-24-15-18-31(19-21-9-5-3-6-10-21)20-25(24)38-28(26)30-27(33)22-11-13-23(14-12-22)39(35,36)32-16-7-4-8-17-32;/h3,5-6,9-14H,2,4,7-8,15-20H2,1H3,(H,30,33);1H. The predicted molar refractivity (Wildman–Crippen MR) is 159 cm³/mol. The zero-order valence-electron chi connectivity index (χ0n) is 22.4. The van der Waals surface area contributed by atoms with E-state index in [4.69, 9.17) is 4.74 Å². The minimum Gasteiger partial charge on any atom is -0.462 e. The summed E-state index contributed by atoms with van der Waals surface area (Å²) >= 11 is 1.40. The van der Waals surface area contributed by atoms with E-state index in [9.17, 15) is 18.0 Å². The molecule has 2 aliphatic rings. The number of thiophene rings is 1. The third-order valence-corrected chi connectivity index (χ3v) is 10.2. The maximum Gasteiger partial charge on any atom is 0.341 e. The molecule has 1 fully saturated rings. The van der Waals surface area contributed by atoms with Crippen molar-refractivity contribution in [2.24, 2.45) is 0 Å². The summed E-state index contributed by atoms with van der Waals surface area (Å²) in [5, 5.41) is 3.38. The van der Waals surface area contributed by atoms with Crippen LogP contribution in [-0.2, 0) is 34.3 Å². The lowest BCUT2D eigenvalue weighted by molar-refractivity contribution is 0.0526. The molecule has 2 aliphatic heterocycles. The van der Waals surface area contributed by atoms with E-state index >= 15 is 0 Å². The molecule has 5 rings (SSSR count). The van der Waals surface area contributed by atoms with E-state index in [1.165, 1.54) is 45.5 Å². The topological polar surface area (TPSA) is 96.0 Å². The van der Waals surface area contributed by atoms with E-state index in [1.807, 2.05) is 18.2 Å². The van der Waals surface area contributed by atoms with Crippen LogP contribution in [0.25, 0.3) is 0 Å². The van der Waals surface area contributed by atoms with Crippen LogP contribution in [0, 0.1) is 0 Å². The Labute approximate surface area is 245 Å². The van der Waals surface area contributed by atoms with Crippen LogP contribution in [0.2, 0.25) is 0 Å². The lowest BCUT2D eigenvalue weighted by atomic mass is 10.0. The zero-order valence-corrected chi connectivity index (χ0v) is 24.9. The van der Waals surface area contributed by atoms with Crippen LogP contribution in [-0.4, -0.2) is 55.7 Å². The molecule has 3 aromatic rings. The van der Waals surface area contributed by atoms with Gasteiger partial charge in [0.05, 0.1) is 17.1 Å². The summed E-state index contributed by atoms with van der Waals surface area (Å²) in [6.07, 6.45) is 3.44. The molecule has 0 spiro atoms. The quantitative estimate of drug-likeness (QED) is 0.350. The van der Waals surface area contributed by atoms with Crippen LogP contribution in [0.15, 0.2) is 59.5 Å². The number of rotatable bonds is 8. The third-order valence-electron chi connectivity index (χ3n) is 7.16. The van der Waals surface area contributed by atoms with Crippen molar-refractivity contribution in [1.29, 1.82) is 0 Å². The van der Waals surface area contributed by atoms with Gasteiger partial charge in [0.1, 0.15) is 5.00 Å². The molecular weight excluding hydrogens is 570 g/mol. The molecule has 1 aromatic heterocycles. The van der Waals surface area contributed by atoms with Crippen LogP contribution in [0.3, 0.4) is 0 Å². The predicted octanol–water partition coefficient (Wildman–Crippen LogP) is 5.33. The number of piperidine rings is 1. The molecule has 0 saturated carbocycles.